The van der Waals surface area contributed by atoms with Crippen molar-refractivity contribution in [2.24, 2.45) is 10.2 Å². The number of aromatic hydroxyl groups is 2. The SMILES string of the molecule is O=C(N/N=C\c1ccc(O)c(S(=O)(=O)O)c1)N/N=C/c1ccc(O)c(S(=O)(=O)O)c1. The average molecular weight is 458 g/mol. The van der Waals surface area contributed by atoms with Crippen LogP contribution < -0.4 is 10.9 Å². The van der Waals surface area contributed by atoms with E-state index >= 15 is 0 Å². The van der Waals surface area contributed by atoms with E-state index in [4.69, 9.17) is 9.11 Å². The number of hydrogen-bond acceptors (Lipinski definition) is 9. The van der Waals surface area contributed by atoms with Crippen LogP contribution in [0.5, 0.6) is 11.5 Å². The van der Waals surface area contributed by atoms with Gasteiger partial charge >= 0.3 is 6.03 Å². The monoisotopic (exact) mass is 458 g/mol. The molecule has 0 heterocycles. The molecule has 2 aromatic carbocycles. The zero-order valence-corrected chi connectivity index (χ0v) is 16.3. The summed E-state index contributed by atoms with van der Waals surface area (Å²) < 4.78 is 62.4. The second-order valence-corrected chi connectivity index (χ2v) is 8.25. The Morgan fingerprint density at radius 2 is 1.13 bits per heavy atom. The number of carbonyl (C=O) groups is 1. The van der Waals surface area contributed by atoms with Gasteiger partial charge in [-0.25, -0.2) is 15.6 Å². The van der Waals surface area contributed by atoms with Crippen LogP contribution in [0.3, 0.4) is 0 Å². The lowest BCUT2D eigenvalue weighted by atomic mass is 10.2. The Labute approximate surface area is 169 Å². The molecule has 2 rings (SSSR count). The second-order valence-electron chi connectivity index (χ2n) is 5.47. The number of benzene rings is 2. The molecule has 0 saturated heterocycles. The number of nitrogens with one attached hydrogen (secondary N) is 2. The molecule has 0 aliphatic heterocycles. The summed E-state index contributed by atoms with van der Waals surface area (Å²) in [6.45, 7) is 0. The first-order valence-electron chi connectivity index (χ1n) is 7.61. The van der Waals surface area contributed by atoms with Gasteiger partial charge in [0, 0.05) is 0 Å². The summed E-state index contributed by atoms with van der Waals surface area (Å²) >= 11 is 0. The number of phenolic OH excluding ortho intramolecular Hbond substituents is 2. The van der Waals surface area contributed by atoms with E-state index in [1.165, 1.54) is 12.1 Å². The van der Waals surface area contributed by atoms with E-state index < -0.39 is 47.6 Å². The topological polar surface area (TPSA) is 215 Å². The molecule has 0 saturated carbocycles. The number of hydrogen-bond donors (Lipinski definition) is 6. The molecule has 160 valence electrons. The van der Waals surface area contributed by atoms with Gasteiger partial charge in [0.25, 0.3) is 20.2 Å². The van der Waals surface area contributed by atoms with E-state index in [0.717, 1.165) is 36.7 Å². The van der Waals surface area contributed by atoms with Crippen molar-refractivity contribution in [2.75, 3.05) is 0 Å². The zero-order chi connectivity index (χ0) is 22.5. The molecule has 0 radical (unpaired) electrons. The molecular weight excluding hydrogens is 444 g/mol. The summed E-state index contributed by atoms with van der Waals surface area (Å²) in [6, 6.07) is 5.46. The first-order valence-corrected chi connectivity index (χ1v) is 10.5. The Bertz CT molecular complexity index is 1140. The number of amides is 2. The van der Waals surface area contributed by atoms with Crippen molar-refractivity contribution in [2.45, 2.75) is 9.79 Å². The highest BCUT2D eigenvalue weighted by Crippen LogP contribution is 2.23. The number of phenols is 2. The van der Waals surface area contributed by atoms with Crippen LogP contribution >= 0.6 is 0 Å². The van der Waals surface area contributed by atoms with Crippen LogP contribution in [0, 0.1) is 0 Å². The van der Waals surface area contributed by atoms with Crippen molar-refractivity contribution in [1.29, 1.82) is 0 Å². The van der Waals surface area contributed by atoms with Crippen molar-refractivity contribution < 1.29 is 40.9 Å². The molecule has 0 atom stereocenters. The normalized spacial score (nSPS) is 12.3. The van der Waals surface area contributed by atoms with E-state index in [0.29, 0.717) is 0 Å². The molecule has 0 aliphatic carbocycles. The summed E-state index contributed by atoms with van der Waals surface area (Å²) in [5.74, 6) is -1.33. The maximum Gasteiger partial charge on any atom is 0.355 e. The Morgan fingerprint density at radius 1 is 0.767 bits per heavy atom. The fraction of sp³-hybridized carbons (Fsp3) is 0. The zero-order valence-electron chi connectivity index (χ0n) is 14.7. The lowest BCUT2D eigenvalue weighted by Crippen LogP contribution is -2.28. The smallest absolute Gasteiger partial charge is 0.355 e. The van der Waals surface area contributed by atoms with Crippen molar-refractivity contribution in [3.63, 3.8) is 0 Å². The quantitative estimate of drug-likeness (QED) is 0.198. The highest BCUT2D eigenvalue weighted by Gasteiger charge is 2.16. The minimum atomic E-state index is -4.65. The molecule has 0 fully saturated rings. The Hall–Kier alpha value is -3.53. The standard InChI is InChI=1S/C15H14N4O9S2/c20-11-3-1-9(5-13(11)29(23,24)25)7-16-18-15(22)19-17-8-10-2-4-12(21)14(6-10)30(26,27)28/h1-8,20-21H,(H2,18,19,22)(H,23,24,25)(H,26,27,28)/b16-7-,17-8+. The van der Waals surface area contributed by atoms with Gasteiger partial charge in [-0.1, -0.05) is 0 Å². The molecule has 6 N–H and O–H groups in total. The van der Waals surface area contributed by atoms with E-state index in [1.807, 2.05) is 10.9 Å². The van der Waals surface area contributed by atoms with E-state index in [-0.39, 0.29) is 11.1 Å². The predicted molar refractivity (Wildman–Crippen MR) is 103 cm³/mol. The van der Waals surface area contributed by atoms with Crippen molar-refractivity contribution in [3.05, 3.63) is 47.5 Å². The number of hydrazone groups is 2. The molecular formula is C15H14N4O9S2. The van der Waals surface area contributed by atoms with Gasteiger partial charge in [0.05, 0.1) is 12.4 Å². The van der Waals surface area contributed by atoms with Crippen molar-refractivity contribution in [1.82, 2.24) is 10.9 Å². The Balaban J connectivity index is 1.99. The third-order valence-electron chi connectivity index (χ3n) is 3.28. The number of urea groups is 1. The third-order valence-corrected chi connectivity index (χ3v) is 5.05. The number of nitrogens with zero attached hydrogens (tertiary/aromatic N) is 2. The van der Waals surface area contributed by atoms with Crippen LogP contribution in [-0.2, 0) is 20.2 Å². The van der Waals surface area contributed by atoms with Gasteiger partial charge in [-0.2, -0.15) is 27.0 Å². The molecule has 0 unspecified atom stereocenters. The van der Waals surface area contributed by atoms with Crippen LogP contribution in [0.15, 0.2) is 56.4 Å². The van der Waals surface area contributed by atoms with Gasteiger partial charge in [-0.05, 0) is 47.5 Å². The number of rotatable bonds is 6. The molecule has 0 bridgehead atoms. The lowest BCUT2D eigenvalue weighted by molar-refractivity contribution is 0.242. The summed E-state index contributed by atoms with van der Waals surface area (Å²) in [4.78, 5) is 10.1. The summed E-state index contributed by atoms with van der Waals surface area (Å²) in [5, 5.41) is 25.9. The summed E-state index contributed by atoms with van der Waals surface area (Å²) in [6.07, 6.45) is 2.05. The molecule has 0 aliphatic rings. The molecule has 2 amide bonds. The van der Waals surface area contributed by atoms with Gasteiger partial charge < -0.3 is 10.2 Å². The van der Waals surface area contributed by atoms with E-state index in [9.17, 15) is 31.8 Å². The van der Waals surface area contributed by atoms with Gasteiger partial charge in [-0.3, -0.25) is 9.11 Å². The van der Waals surface area contributed by atoms with E-state index in [1.54, 1.807) is 0 Å². The van der Waals surface area contributed by atoms with Crippen molar-refractivity contribution in [3.8, 4) is 11.5 Å². The molecule has 15 heteroatoms. The highest BCUT2D eigenvalue weighted by atomic mass is 32.2. The molecule has 0 spiro atoms. The maximum atomic E-state index is 11.6. The predicted octanol–water partition coefficient (Wildman–Crippen LogP) is 0.258. The third kappa shape index (κ3) is 6.24. The van der Waals surface area contributed by atoms with Crippen LogP contribution in [0.4, 0.5) is 4.79 Å². The summed E-state index contributed by atoms with van der Waals surface area (Å²) in [5.41, 5.74) is 4.24. The van der Waals surface area contributed by atoms with E-state index in [2.05, 4.69) is 10.2 Å². The molecule has 30 heavy (non-hydrogen) atoms. The highest BCUT2D eigenvalue weighted by molar-refractivity contribution is 7.86. The first-order chi connectivity index (χ1) is 13.9. The Morgan fingerprint density at radius 3 is 1.47 bits per heavy atom. The minimum Gasteiger partial charge on any atom is -0.506 e. The molecule has 0 aromatic heterocycles. The fourth-order valence-electron chi connectivity index (χ4n) is 1.99. The number of carbonyl (C=O) groups excluding carboxylic acids is 1. The largest absolute Gasteiger partial charge is 0.506 e. The second kappa shape index (κ2) is 8.87. The Kier molecular flexibility index (Phi) is 6.73. The molecule has 2 aromatic rings. The van der Waals surface area contributed by atoms with Gasteiger partial charge in [-0.15, -0.1) is 0 Å². The van der Waals surface area contributed by atoms with Crippen LogP contribution in [-0.4, -0.2) is 54.6 Å². The lowest BCUT2D eigenvalue weighted by Gasteiger charge is -2.03. The van der Waals surface area contributed by atoms with Crippen LogP contribution in [0.1, 0.15) is 11.1 Å². The van der Waals surface area contributed by atoms with Crippen molar-refractivity contribution >= 4 is 38.7 Å². The van der Waals surface area contributed by atoms with Gasteiger partial charge in [0.15, 0.2) is 0 Å². The average Bonchev–Trinajstić information content (AvgIpc) is 2.62. The van der Waals surface area contributed by atoms with Crippen LogP contribution in [0.2, 0.25) is 0 Å². The maximum absolute atomic E-state index is 11.6. The minimum absolute atomic E-state index is 0.131. The van der Waals surface area contributed by atoms with Gasteiger partial charge in [0.1, 0.15) is 21.3 Å². The summed E-state index contributed by atoms with van der Waals surface area (Å²) in [7, 11) is -9.30. The first kappa shape index (κ1) is 22.8. The fourth-order valence-corrected chi connectivity index (χ4v) is 3.23. The molecule has 13 nitrogen and oxygen atoms in total. The van der Waals surface area contributed by atoms with Crippen LogP contribution in [0.25, 0.3) is 0 Å². The van der Waals surface area contributed by atoms with Gasteiger partial charge in [0.2, 0.25) is 0 Å².